The van der Waals surface area contributed by atoms with E-state index in [4.69, 9.17) is 16.3 Å². The maximum Gasteiger partial charge on any atom is 0.328 e. The zero-order valence-corrected chi connectivity index (χ0v) is 15.7. The standard InChI is InChI=1S/C18H19ClN2O4S/c1-12(21-17(23)14-6-2-3-7-15(14)19)18(24)25-11-16(22)20-9-8-13-5-4-10-26-13/h2-7,10,12H,8-9,11H2,1H3,(H,20,22)(H,21,23). The number of nitrogens with one attached hydrogen (secondary N) is 2. The minimum Gasteiger partial charge on any atom is -0.454 e. The van der Waals surface area contributed by atoms with Crippen molar-refractivity contribution < 1.29 is 19.1 Å². The fourth-order valence-electron chi connectivity index (χ4n) is 2.07. The van der Waals surface area contributed by atoms with E-state index in [-0.39, 0.29) is 16.5 Å². The summed E-state index contributed by atoms with van der Waals surface area (Å²) in [4.78, 5) is 36.9. The Morgan fingerprint density at radius 3 is 2.65 bits per heavy atom. The number of carbonyl (C=O) groups excluding carboxylic acids is 3. The molecule has 0 saturated carbocycles. The van der Waals surface area contributed by atoms with Crippen molar-refractivity contribution in [1.82, 2.24) is 10.6 Å². The fourth-order valence-corrected chi connectivity index (χ4v) is 3.00. The molecule has 0 spiro atoms. The summed E-state index contributed by atoms with van der Waals surface area (Å²) in [7, 11) is 0. The van der Waals surface area contributed by atoms with Gasteiger partial charge in [0, 0.05) is 11.4 Å². The van der Waals surface area contributed by atoms with Gasteiger partial charge in [-0.15, -0.1) is 11.3 Å². The molecular formula is C18H19ClN2O4S. The molecule has 0 saturated heterocycles. The van der Waals surface area contributed by atoms with Gasteiger partial charge in [0.2, 0.25) is 0 Å². The first-order chi connectivity index (χ1) is 12.5. The zero-order chi connectivity index (χ0) is 18.9. The van der Waals surface area contributed by atoms with Gasteiger partial charge in [0.05, 0.1) is 10.6 Å². The summed E-state index contributed by atoms with van der Waals surface area (Å²) in [5.74, 6) is -1.57. The predicted molar refractivity (Wildman–Crippen MR) is 100 cm³/mol. The average Bonchev–Trinajstić information content (AvgIpc) is 3.13. The first-order valence-corrected chi connectivity index (χ1v) is 9.24. The Morgan fingerprint density at radius 2 is 1.96 bits per heavy atom. The Morgan fingerprint density at radius 1 is 1.19 bits per heavy atom. The highest BCUT2D eigenvalue weighted by atomic mass is 35.5. The number of halogens is 1. The Hall–Kier alpha value is -2.38. The molecule has 1 heterocycles. The van der Waals surface area contributed by atoms with Crippen LogP contribution in [-0.4, -0.2) is 37.0 Å². The van der Waals surface area contributed by atoms with Crippen molar-refractivity contribution in [2.24, 2.45) is 0 Å². The number of thiophene rings is 1. The quantitative estimate of drug-likeness (QED) is 0.673. The van der Waals surface area contributed by atoms with E-state index in [2.05, 4.69) is 10.6 Å². The molecule has 0 radical (unpaired) electrons. The second-order valence-corrected chi connectivity index (χ2v) is 6.90. The van der Waals surface area contributed by atoms with Crippen LogP contribution in [0.3, 0.4) is 0 Å². The molecule has 1 atom stereocenters. The second kappa shape index (κ2) is 9.94. The maximum absolute atomic E-state index is 12.1. The smallest absolute Gasteiger partial charge is 0.328 e. The number of esters is 1. The number of benzene rings is 1. The molecular weight excluding hydrogens is 376 g/mol. The molecule has 6 nitrogen and oxygen atoms in total. The highest BCUT2D eigenvalue weighted by Crippen LogP contribution is 2.14. The Labute approximate surface area is 160 Å². The second-order valence-electron chi connectivity index (χ2n) is 5.46. The molecule has 2 rings (SSSR count). The summed E-state index contributed by atoms with van der Waals surface area (Å²) in [6, 6.07) is 9.54. The molecule has 26 heavy (non-hydrogen) atoms. The van der Waals surface area contributed by atoms with Crippen LogP contribution in [0.5, 0.6) is 0 Å². The molecule has 1 aromatic carbocycles. The molecule has 8 heteroatoms. The first kappa shape index (κ1) is 19.9. The van der Waals surface area contributed by atoms with Crippen LogP contribution in [0.25, 0.3) is 0 Å². The minimum atomic E-state index is -0.905. The molecule has 1 unspecified atom stereocenters. The van der Waals surface area contributed by atoms with Gasteiger partial charge in [0.1, 0.15) is 6.04 Å². The van der Waals surface area contributed by atoms with Crippen LogP contribution in [0.1, 0.15) is 22.2 Å². The summed E-state index contributed by atoms with van der Waals surface area (Å²) in [6.07, 6.45) is 0.724. The molecule has 0 aliphatic heterocycles. The van der Waals surface area contributed by atoms with Crippen molar-refractivity contribution in [2.45, 2.75) is 19.4 Å². The fraction of sp³-hybridized carbons (Fsp3) is 0.278. The number of carbonyl (C=O) groups is 3. The van der Waals surface area contributed by atoms with Crippen LogP contribution in [0.15, 0.2) is 41.8 Å². The van der Waals surface area contributed by atoms with Crippen LogP contribution in [0.4, 0.5) is 0 Å². The van der Waals surface area contributed by atoms with Gasteiger partial charge in [-0.2, -0.15) is 0 Å². The number of hydrogen-bond donors (Lipinski definition) is 2. The van der Waals surface area contributed by atoms with Crippen LogP contribution < -0.4 is 10.6 Å². The van der Waals surface area contributed by atoms with E-state index in [0.717, 1.165) is 6.42 Å². The van der Waals surface area contributed by atoms with E-state index < -0.39 is 24.5 Å². The van der Waals surface area contributed by atoms with Gasteiger partial charge < -0.3 is 15.4 Å². The number of ether oxygens (including phenoxy) is 1. The lowest BCUT2D eigenvalue weighted by Crippen LogP contribution is -2.41. The molecule has 0 aliphatic carbocycles. The van der Waals surface area contributed by atoms with Crippen LogP contribution >= 0.6 is 22.9 Å². The number of rotatable bonds is 8. The van der Waals surface area contributed by atoms with Gasteiger partial charge in [0.25, 0.3) is 11.8 Å². The van der Waals surface area contributed by atoms with Crippen molar-refractivity contribution in [3.05, 3.63) is 57.2 Å². The maximum atomic E-state index is 12.1. The summed E-state index contributed by atoms with van der Waals surface area (Å²) in [5, 5.41) is 7.43. The zero-order valence-electron chi connectivity index (χ0n) is 14.2. The van der Waals surface area contributed by atoms with Gasteiger partial charge >= 0.3 is 5.97 Å². The lowest BCUT2D eigenvalue weighted by Gasteiger charge is -2.14. The number of hydrogen-bond acceptors (Lipinski definition) is 5. The predicted octanol–water partition coefficient (Wildman–Crippen LogP) is 2.42. The van der Waals surface area contributed by atoms with Crippen LogP contribution in [-0.2, 0) is 20.7 Å². The van der Waals surface area contributed by atoms with E-state index in [1.807, 2.05) is 17.5 Å². The summed E-state index contributed by atoms with van der Waals surface area (Å²) >= 11 is 7.56. The Bertz CT molecular complexity index is 764. The summed E-state index contributed by atoms with van der Waals surface area (Å²) < 4.78 is 4.92. The SMILES string of the molecule is CC(NC(=O)c1ccccc1Cl)C(=O)OCC(=O)NCCc1cccs1. The lowest BCUT2D eigenvalue weighted by atomic mass is 10.2. The summed E-state index contributed by atoms with van der Waals surface area (Å²) in [5.41, 5.74) is 0.264. The van der Waals surface area contributed by atoms with Gasteiger partial charge in [-0.05, 0) is 36.9 Å². The topological polar surface area (TPSA) is 84.5 Å². The highest BCUT2D eigenvalue weighted by Gasteiger charge is 2.20. The minimum absolute atomic E-state index is 0.264. The lowest BCUT2D eigenvalue weighted by molar-refractivity contribution is -0.150. The third kappa shape index (κ3) is 6.16. The van der Waals surface area contributed by atoms with Crippen molar-refractivity contribution in [1.29, 1.82) is 0 Å². The molecule has 0 aliphatic rings. The van der Waals surface area contributed by atoms with E-state index in [1.54, 1.807) is 35.6 Å². The third-order valence-electron chi connectivity index (χ3n) is 3.44. The molecule has 0 fully saturated rings. The van der Waals surface area contributed by atoms with Gasteiger partial charge in [-0.3, -0.25) is 9.59 Å². The molecule has 0 bridgehead atoms. The average molecular weight is 395 g/mol. The van der Waals surface area contributed by atoms with E-state index >= 15 is 0 Å². The Balaban J connectivity index is 1.70. The molecule has 1 aromatic heterocycles. The normalized spacial score (nSPS) is 11.5. The monoisotopic (exact) mass is 394 g/mol. The van der Waals surface area contributed by atoms with Crippen molar-refractivity contribution in [2.75, 3.05) is 13.2 Å². The largest absolute Gasteiger partial charge is 0.454 e. The van der Waals surface area contributed by atoms with Gasteiger partial charge in [-0.1, -0.05) is 29.8 Å². The van der Waals surface area contributed by atoms with E-state index in [9.17, 15) is 14.4 Å². The molecule has 2 N–H and O–H groups in total. The van der Waals surface area contributed by atoms with Gasteiger partial charge in [-0.25, -0.2) is 4.79 Å². The van der Waals surface area contributed by atoms with Crippen molar-refractivity contribution in [3.63, 3.8) is 0 Å². The summed E-state index contributed by atoms with van der Waals surface area (Å²) in [6.45, 7) is 1.55. The third-order valence-corrected chi connectivity index (χ3v) is 4.70. The van der Waals surface area contributed by atoms with Crippen LogP contribution in [0.2, 0.25) is 5.02 Å². The highest BCUT2D eigenvalue weighted by molar-refractivity contribution is 7.09. The van der Waals surface area contributed by atoms with E-state index in [1.165, 1.54) is 11.8 Å². The van der Waals surface area contributed by atoms with Crippen molar-refractivity contribution in [3.8, 4) is 0 Å². The first-order valence-electron chi connectivity index (χ1n) is 7.98. The van der Waals surface area contributed by atoms with Gasteiger partial charge in [0.15, 0.2) is 6.61 Å². The van der Waals surface area contributed by atoms with E-state index in [0.29, 0.717) is 6.54 Å². The van der Waals surface area contributed by atoms with Crippen molar-refractivity contribution >= 4 is 40.7 Å². The Kier molecular flexibility index (Phi) is 7.62. The molecule has 2 amide bonds. The molecule has 2 aromatic rings. The number of amides is 2. The molecule has 138 valence electrons. The van der Waals surface area contributed by atoms with Crippen LogP contribution in [0, 0.1) is 0 Å².